The number of anilines is 1. The number of rotatable bonds is 5. The highest BCUT2D eigenvalue weighted by Gasteiger charge is 2.25. The number of hydrogen-bond acceptors (Lipinski definition) is 4. The lowest BCUT2D eigenvalue weighted by atomic mass is 10.1. The van der Waals surface area contributed by atoms with Gasteiger partial charge in [0.05, 0.1) is 13.1 Å². The van der Waals surface area contributed by atoms with Gasteiger partial charge in [0.1, 0.15) is 0 Å². The molecular formula is C21H26N4O2. The maximum absolute atomic E-state index is 13.2. The van der Waals surface area contributed by atoms with Gasteiger partial charge in [-0.2, -0.15) is 0 Å². The predicted octanol–water partition coefficient (Wildman–Crippen LogP) is 2.20. The van der Waals surface area contributed by atoms with Gasteiger partial charge in [0.2, 0.25) is 0 Å². The zero-order valence-corrected chi connectivity index (χ0v) is 15.7. The van der Waals surface area contributed by atoms with E-state index in [1.54, 1.807) is 17.0 Å². The Morgan fingerprint density at radius 3 is 2.19 bits per heavy atom. The van der Waals surface area contributed by atoms with Gasteiger partial charge in [0.15, 0.2) is 5.78 Å². The van der Waals surface area contributed by atoms with E-state index in [1.165, 1.54) is 0 Å². The second-order valence-corrected chi connectivity index (χ2v) is 6.82. The Balaban J connectivity index is 1.80. The van der Waals surface area contributed by atoms with Crippen LogP contribution in [0.4, 0.5) is 10.5 Å². The predicted molar refractivity (Wildman–Crippen MR) is 107 cm³/mol. The molecule has 0 radical (unpaired) electrons. The van der Waals surface area contributed by atoms with Crippen molar-refractivity contribution in [2.24, 2.45) is 5.73 Å². The van der Waals surface area contributed by atoms with Gasteiger partial charge in [-0.3, -0.25) is 9.69 Å². The summed E-state index contributed by atoms with van der Waals surface area (Å²) in [6.07, 6.45) is 0. The number of benzene rings is 2. The Labute approximate surface area is 160 Å². The highest BCUT2D eigenvalue weighted by atomic mass is 16.2. The van der Waals surface area contributed by atoms with Crippen LogP contribution < -0.4 is 10.6 Å². The molecule has 2 aromatic carbocycles. The molecule has 6 nitrogen and oxygen atoms in total. The van der Waals surface area contributed by atoms with Gasteiger partial charge < -0.3 is 15.5 Å². The molecule has 2 amide bonds. The van der Waals surface area contributed by atoms with E-state index < -0.39 is 0 Å². The van der Waals surface area contributed by atoms with E-state index in [0.29, 0.717) is 12.1 Å². The Bertz CT molecular complexity index is 769. The molecule has 0 aromatic heterocycles. The van der Waals surface area contributed by atoms with Crippen molar-refractivity contribution in [2.75, 3.05) is 44.7 Å². The van der Waals surface area contributed by atoms with Gasteiger partial charge in [-0.05, 0) is 24.7 Å². The quantitative estimate of drug-likeness (QED) is 0.824. The molecule has 3 rings (SSSR count). The van der Waals surface area contributed by atoms with Crippen LogP contribution in [0.2, 0.25) is 0 Å². The zero-order valence-electron chi connectivity index (χ0n) is 15.7. The average molecular weight is 366 g/mol. The highest BCUT2D eigenvalue weighted by molar-refractivity contribution is 5.97. The fraction of sp³-hybridized carbons (Fsp3) is 0.333. The third kappa shape index (κ3) is 4.72. The van der Waals surface area contributed by atoms with Crippen molar-refractivity contribution in [2.45, 2.75) is 6.54 Å². The van der Waals surface area contributed by atoms with Crippen molar-refractivity contribution in [1.29, 1.82) is 0 Å². The number of nitrogens with two attached hydrogens (primary N) is 1. The van der Waals surface area contributed by atoms with E-state index in [2.05, 4.69) is 11.9 Å². The number of likely N-dealkylation sites (N-methyl/N-ethyl adjacent to an activating group) is 1. The van der Waals surface area contributed by atoms with Crippen molar-refractivity contribution >= 4 is 17.5 Å². The zero-order chi connectivity index (χ0) is 19.2. The lowest BCUT2D eigenvalue weighted by molar-refractivity contribution is 0.100. The van der Waals surface area contributed by atoms with Crippen molar-refractivity contribution in [3.05, 3.63) is 65.7 Å². The fourth-order valence-electron chi connectivity index (χ4n) is 3.14. The second kappa shape index (κ2) is 8.79. The second-order valence-electron chi connectivity index (χ2n) is 6.82. The molecule has 1 aliphatic heterocycles. The van der Waals surface area contributed by atoms with Crippen LogP contribution in [0.1, 0.15) is 15.9 Å². The van der Waals surface area contributed by atoms with Crippen LogP contribution in [0.25, 0.3) is 0 Å². The monoisotopic (exact) mass is 366 g/mol. The van der Waals surface area contributed by atoms with Crippen LogP contribution in [0.15, 0.2) is 54.6 Å². The van der Waals surface area contributed by atoms with Gasteiger partial charge in [0.25, 0.3) is 0 Å². The summed E-state index contributed by atoms with van der Waals surface area (Å²) >= 11 is 0. The van der Waals surface area contributed by atoms with E-state index >= 15 is 0 Å². The maximum atomic E-state index is 13.2. The van der Waals surface area contributed by atoms with Crippen LogP contribution in [-0.2, 0) is 6.54 Å². The van der Waals surface area contributed by atoms with Crippen molar-refractivity contribution < 1.29 is 9.59 Å². The number of urea groups is 1. The standard InChI is InChI=1S/C21H26N4O2/c1-23-11-13-24(14-12-23)21(27)25(19-5-3-2-4-6-19)16-17-7-9-18(10-8-17)20(26)15-22/h2-10H,11-16,22H2,1H3. The molecule has 0 saturated carbocycles. The molecule has 6 heteroatoms. The largest absolute Gasteiger partial charge is 0.324 e. The molecule has 142 valence electrons. The van der Waals surface area contributed by atoms with Gasteiger partial charge in [0, 0.05) is 37.4 Å². The lowest BCUT2D eigenvalue weighted by Crippen LogP contribution is -2.51. The maximum Gasteiger partial charge on any atom is 0.324 e. The Hall–Kier alpha value is -2.70. The summed E-state index contributed by atoms with van der Waals surface area (Å²) in [5, 5.41) is 0. The average Bonchev–Trinajstić information content (AvgIpc) is 2.72. The van der Waals surface area contributed by atoms with Crippen LogP contribution >= 0.6 is 0 Å². The van der Waals surface area contributed by atoms with E-state index in [9.17, 15) is 9.59 Å². The van der Waals surface area contributed by atoms with E-state index in [1.807, 2.05) is 47.4 Å². The molecular weight excluding hydrogens is 340 g/mol. The summed E-state index contributed by atoms with van der Waals surface area (Å²) in [6.45, 7) is 3.66. The van der Waals surface area contributed by atoms with E-state index in [4.69, 9.17) is 5.73 Å². The Morgan fingerprint density at radius 2 is 1.59 bits per heavy atom. The van der Waals surface area contributed by atoms with Gasteiger partial charge in [-0.15, -0.1) is 0 Å². The first-order chi connectivity index (χ1) is 13.1. The molecule has 0 bridgehead atoms. The smallest absolute Gasteiger partial charge is 0.324 e. The number of hydrogen-bond donors (Lipinski definition) is 1. The lowest BCUT2D eigenvalue weighted by Gasteiger charge is -2.36. The first kappa shape index (κ1) is 19.1. The van der Waals surface area contributed by atoms with Crippen LogP contribution in [0.5, 0.6) is 0 Å². The van der Waals surface area contributed by atoms with Gasteiger partial charge >= 0.3 is 6.03 Å². The van der Waals surface area contributed by atoms with Crippen LogP contribution in [0.3, 0.4) is 0 Å². The summed E-state index contributed by atoms with van der Waals surface area (Å²) in [4.78, 5) is 30.8. The number of piperazine rings is 1. The summed E-state index contributed by atoms with van der Waals surface area (Å²) in [5.41, 5.74) is 7.85. The summed E-state index contributed by atoms with van der Waals surface area (Å²) in [5.74, 6) is -0.0880. The number of carbonyl (C=O) groups is 2. The molecule has 0 spiro atoms. The third-order valence-corrected chi connectivity index (χ3v) is 4.87. The van der Waals surface area contributed by atoms with E-state index in [-0.39, 0.29) is 18.4 Å². The van der Waals surface area contributed by atoms with Gasteiger partial charge in [-0.1, -0.05) is 42.5 Å². The molecule has 1 fully saturated rings. The molecule has 0 atom stereocenters. The molecule has 1 heterocycles. The number of amides is 2. The first-order valence-corrected chi connectivity index (χ1v) is 9.20. The van der Waals surface area contributed by atoms with Gasteiger partial charge in [-0.25, -0.2) is 4.79 Å². The molecule has 0 unspecified atom stereocenters. The van der Waals surface area contributed by atoms with Crippen molar-refractivity contribution in [1.82, 2.24) is 9.80 Å². The molecule has 27 heavy (non-hydrogen) atoms. The summed E-state index contributed by atoms with van der Waals surface area (Å²) in [7, 11) is 2.07. The molecule has 0 aliphatic carbocycles. The number of nitrogens with zero attached hydrogens (tertiary/aromatic N) is 3. The minimum atomic E-state index is -0.0880. The summed E-state index contributed by atoms with van der Waals surface area (Å²) in [6, 6.07) is 17.0. The van der Waals surface area contributed by atoms with Crippen molar-refractivity contribution in [3.63, 3.8) is 0 Å². The minimum Gasteiger partial charge on any atom is -0.324 e. The summed E-state index contributed by atoms with van der Waals surface area (Å²) < 4.78 is 0. The molecule has 2 aromatic rings. The first-order valence-electron chi connectivity index (χ1n) is 9.20. The number of Topliss-reactive ketones (excluding diaryl/α,β-unsaturated/α-hetero) is 1. The van der Waals surface area contributed by atoms with Crippen LogP contribution in [0, 0.1) is 0 Å². The molecule has 1 aliphatic rings. The SMILES string of the molecule is CN1CCN(C(=O)N(Cc2ccc(C(=O)CN)cc2)c2ccccc2)CC1. The number of ketones is 1. The van der Waals surface area contributed by atoms with E-state index in [0.717, 1.165) is 37.4 Å². The molecule has 2 N–H and O–H groups in total. The topological polar surface area (TPSA) is 69.9 Å². The third-order valence-electron chi connectivity index (χ3n) is 4.87. The molecule has 1 saturated heterocycles. The Morgan fingerprint density at radius 1 is 0.963 bits per heavy atom. The normalized spacial score (nSPS) is 14.8. The Kier molecular flexibility index (Phi) is 6.21. The number of para-hydroxylation sites is 1. The van der Waals surface area contributed by atoms with Crippen molar-refractivity contribution in [3.8, 4) is 0 Å². The minimum absolute atomic E-state index is 0.00260. The highest BCUT2D eigenvalue weighted by Crippen LogP contribution is 2.20. The number of carbonyl (C=O) groups excluding carboxylic acids is 2. The fourth-order valence-corrected chi connectivity index (χ4v) is 3.14. The van der Waals surface area contributed by atoms with Crippen LogP contribution in [-0.4, -0.2) is 61.4 Å².